The first-order valence-corrected chi connectivity index (χ1v) is 9.43. The number of nitro benzene ring substituents is 1. The Morgan fingerprint density at radius 2 is 1.80 bits per heavy atom. The Bertz CT molecular complexity index is 1280. The van der Waals surface area contributed by atoms with Crippen molar-refractivity contribution in [2.24, 2.45) is 0 Å². The van der Waals surface area contributed by atoms with E-state index in [1.54, 1.807) is 24.3 Å². The number of benzene rings is 2. The van der Waals surface area contributed by atoms with Crippen LogP contribution in [0.25, 0.3) is 28.0 Å². The summed E-state index contributed by atoms with van der Waals surface area (Å²) in [7, 11) is 0. The Kier molecular flexibility index (Phi) is 4.81. The van der Waals surface area contributed by atoms with Gasteiger partial charge in [-0.25, -0.2) is 9.67 Å². The minimum atomic E-state index is -4.62. The molecule has 0 amide bonds. The number of aryl methyl sites for hydroxylation is 1. The highest BCUT2D eigenvalue weighted by Gasteiger charge is 2.36. The minimum Gasteiger partial charge on any atom is -0.258 e. The van der Waals surface area contributed by atoms with Gasteiger partial charge in [0, 0.05) is 22.2 Å². The smallest absolute Gasteiger partial charge is 0.258 e. The molecule has 0 atom stereocenters. The van der Waals surface area contributed by atoms with Crippen molar-refractivity contribution < 1.29 is 18.1 Å². The molecule has 0 saturated heterocycles. The lowest BCUT2D eigenvalue weighted by Gasteiger charge is -2.12. The first-order chi connectivity index (χ1) is 14.1. The number of alkyl halides is 3. The second-order valence-corrected chi connectivity index (χ2v) is 7.45. The molecule has 4 aromatic rings. The largest absolute Gasteiger partial charge is 0.417 e. The Balaban J connectivity index is 2.01. The third-order valence-electron chi connectivity index (χ3n) is 4.54. The SMILES string of the molecule is Cc1nn(-c2ccc([N+](=O)[O-])cc2)c2nc(-c3cccc(Br)c3)cc(C(F)(F)F)c12. The van der Waals surface area contributed by atoms with Crippen LogP contribution >= 0.6 is 15.9 Å². The zero-order valence-electron chi connectivity index (χ0n) is 15.3. The molecule has 0 bridgehead atoms. The quantitative estimate of drug-likeness (QED) is 0.265. The summed E-state index contributed by atoms with van der Waals surface area (Å²) in [6.07, 6.45) is -4.62. The first-order valence-electron chi connectivity index (χ1n) is 8.63. The lowest BCUT2D eigenvalue weighted by Crippen LogP contribution is -2.08. The van der Waals surface area contributed by atoms with Crippen LogP contribution in [0.15, 0.2) is 59.1 Å². The standard InChI is InChI=1S/C20H12BrF3N4O2/c1-11-18-16(20(22,23)24)10-17(12-3-2-4-13(21)9-12)25-19(18)27(26-11)14-5-7-15(8-6-14)28(29)30/h2-10H,1H3. The highest BCUT2D eigenvalue weighted by atomic mass is 79.9. The molecular formula is C20H12BrF3N4O2. The summed E-state index contributed by atoms with van der Waals surface area (Å²) < 4.78 is 43.6. The van der Waals surface area contributed by atoms with Gasteiger partial charge in [-0.2, -0.15) is 18.3 Å². The van der Waals surface area contributed by atoms with Gasteiger partial charge in [0.05, 0.1) is 32.9 Å². The topological polar surface area (TPSA) is 73.8 Å². The lowest BCUT2D eigenvalue weighted by atomic mass is 10.1. The van der Waals surface area contributed by atoms with Crippen molar-refractivity contribution in [2.45, 2.75) is 13.1 Å². The third-order valence-corrected chi connectivity index (χ3v) is 5.04. The van der Waals surface area contributed by atoms with Crippen molar-refractivity contribution in [3.05, 3.63) is 80.4 Å². The molecule has 2 aromatic carbocycles. The van der Waals surface area contributed by atoms with Crippen LogP contribution in [0.3, 0.4) is 0 Å². The van der Waals surface area contributed by atoms with Crippen LogP contribution in [0.1, 0.15) is 11.3 Å². The average Bonchev–Trinajstić information content (AvgIpc) is 3.03. The Morgan fingerprint density at radius 1 is 1.10 bits per heavy atom. The van der Waals surface area contributed by atoms with Crippen LogP contribution in [0.2, 0.25) is 0 Å². The number of hydrogen-bond donors (Lipinski definition) is 0. The molecule has 0 aliphatic heterocycles. The highest BCUT2D eigenvalue weighted by molar-refractivity contribution is 9.10. The molecule has 6 nitrogen and oxygen atoms in total. The van der Waals surface area contributed by atoms with Gasteiger partial charge in [-0.1, -0.05) is 28.1 Å². The molecule has 152 valence electrons. The van der Waals surface area contributed by atoms with Crippen molar-refractivity contribution in [1.82, 2.24) is 14.8 Å². The van der Waals surface area contributed by atoms with Gasteiger partial charge in [0.1, 0.15) is 0 Å². The van der Waals surface area contributed by atoms with E-state index < -0.39 is 16.7 Å². The van der Waals surface area contributed by atoms with Gasteiger partial charge in [0.25, 0.3) is 5.69 Å². The molecule has 0 unspecified atom stereocenters. The third kappa shape index (κ3) is 3.54. The van der Waals surface area contributed by atoms with E-state index in [4.69, 9.17) is 0 Å². The second-order valence-electron chi connectivity index (χ2n) is 6.53. The maximum absolute atomic E-state index is 13.9. The number of pyridine rings is 1. The van der Waals surface area contributed by atoms with E-state index >= 15 is 0 Å². The fraction of sp³-hybridized carbons (Fsp3) is 0.100. The summed E-state index contributed by atoms with van der Waals surface area (Å²) in [5.41, 5.74) is 0.213. The Hall–Kier alpha value is -3.27. The fourth-order valence-corrected chi connectivity index (χ4v) is 3.60. The highest BCUT2D eigenvalue weighted by Crippen LogP contribution is 2.39. The van der Waals surface area contributed by atoms with Crippen LogP contribution in [0.4, 0.5) is 18.9 Å². The molecule has 0 aliphatic carbocycles. The molecular weight excluding hydrogens is 465 g/mol. The van der Waals surface area contributed by atoms with E-state index in [1.807, 2.05) is 0 Å². The zero-order chi connectivity index (χ0) is 21.6. The van der Waals surface area contributed by atoms with Gasteiger partial charge in [-0.15, -0.1) is 0 Å². The van der Waals surface area contributed by atoms with Crippen molar-refractivity contribution in [1.29, 1.82) is 0 Å². The van der Waals surface area contributed by atoms with E-state index in [0.29, 0.717) is 15.7 Å². The predicted octanol–water partition coefficient (Wildman–Crippen LogP) is 6.09. The molecule has 0 N–H and O–H groups in total. The number of non-ortho nitro benzene ring substituents is 1. The van der Waals surface area contributed by atoms with E-state index in [9.17, 15) is 23.3 Å². The Morgan fingerprint density at radius 3 is 2.40 bits per heavy atom. The number of rotatable bonds is 3. The van der Waals surface area contributed by atoms with E-state index in [2.05, 4.69) is 26.0 Å². The number of nitro groups is 1. The summed E-state index contributed by atoms with van der Waals surface area (Å²) in [4.78, 5) is 14.8. The van der Waals surface area contributed by atoms with Gasteiger partial charge in [0.15, 0.2) is 5.65 Å². The van der Waals surface area contributed by atoms with Crippen LogP contribution in [0.5, 0.6) is 0 Å². The molecule has 0 spiro atoms. The minimum absolute atomic E-state index is 0.0196. The molecule has 10 heteroatoms. The summed E-state index contributed by atoms with van der Waals surface area (Å²) >= 11 is 3.32. The fourth-order valence-electron chi connectivity index (χ4n) is 3.20. The second kappa shape index (κ2) is 7.21. The van der Waals surface area contributed by atoms with Crippen LogP contribution in [-0.4, -0.2) is 19.7 Å². The van der Waals surface area contributed by atoms with Gasteiger partial charge in [-0.05, 0) is 37.3 Å². The van der Waals surface area contributed by atoms with Crippen molar-refractivity contribution >= 4 is 32.7 Å². The van der Waals surface area contributed by atoms with Crippen LogP contribution < -0.4 is 0 Å². The first kappa shape index (κ1) is 20.0. The normalized spacial score (nSPS) is 11.8. The predicted molar refractivity (Wildman–Crippen MR) is 108 cm³/mol. The van der Waals surface area contributed by atoms with Crippen molar-refractivity contribution in [2.75, 3.05) is 0 Å². The maximum Gasteiger partial charge on any atom is 0.417 e. The lowest BCUT2D eigenvalue weighted by molar-refractivity contribution is -0.384. The summed E-state index contributed by atoms with van der Waals surface area (Å²) in [6, 6.07) is 13.2. The molecule has 2 aromatic heterocycles. The van der Waals surface area contributed by atoms with E-state index in [-0.39, 0.29) is 28.1 Å². The van der Waals surface area contributed by atoms with E-state index in [0.717, 1.165) is 6.07 Å². The monoisotopic (exact) mass is 476 g/mol. The molecule has 4 rings (SSSR count). The molecule has 0 saturated carbocycles. The molecule has 2 heterocycles. The van der Waals surface area contributed by atoms with E-state index in [1.165, 1.54) is 35.9 Å². The van der Waals surface area contributed by atoms with Crippen LogP contribution in [0, 0.1) is 17.0 Å². The number of nitrogens with zero attached hydrogens (tertiary/aromatic N) is 4. The van der Waals surface area contributed by atoms with Crippen molar-refractivity contribution in [3.8, 4) is 16.9 Å². The molecule has 0 radical (unpaired) electrons. The summed E-state index contributed by atoms with van der Waals surface area (Å²) in [6.45, 7) is 1.47. The summed E-state index contributed by atoms with van der Waals surface area (Å²) in [5, 5.41) is 15.0. The van der Waals surface area contributed by atoms with Gasteiger partial charge < -0.3 is 0 Å². The average molecular weight is 477 g/mol. The van der Waals surface area contributed by atoms with Crippen LogP contribution in [-0.2, 0) is 6.18 Å². The molecule has 0 aliphatic rings. The molecule has 0 fully saturated rings. The maximum atomic E-state index is 13.9. The zero-order valence-corrected chi connectivity index (χ0v) is 16.9. The van der Waals surface area contributed by atoms with Gasteiger partial charge in [0.2, 0.25) is 0 Å². The number of halogens is 4. The number of hydrogen-bond acceptors (Lipinski definition) is 4. The molecule has 30 heavy (non-hydrogen) atoms. The van der Waals surface area contributed by atoms with Gasteiger partial charge in [-0.3, -0.25) is 10.1 Å². The Labute approximate surface area is 176 Å². The number of fused-ring (bicyclic) bond motifs is 1. The van der Waals surface area contributed by atoms with Crippen molar-refractivity contribution in [3.63, 3.8) is 0 Å². The number of aromatic nitrogens is 3. The summed E-state index contributed by atoms with van der Waals surface area (Å²) in [5.74, 6) is 0. The van der Waals surface area contributed by atoms with Gasteiger partial charge >= 0.3 is 6.18 Å².